The molecule has 2 saturated heterocycles. The lowest BCUT2D eigenvalue weighted by Crippen LogP contribution is -2.35. The van der Waals surface area contributed by atoms with Crippen LogP contribution in [0.4, 0.5) is 0 Å². The van der Waals surface area contributed by atoms with Crippen molar-refractivity contribution in [2.45, 2.75) is 32.8 Å². The lowest BCUT2D eigenvalue weighted by Gasteiger charge is -2.18. The van der Waals surface area contributed by atoms with Crippen LogP contribution >= 0.6 is 24.0 Å². The van der Waals surface area contributed by atoms with Crippen LogP contribution in [-0.2, 0) is 9.53 Å². The van der Waals surface area contributed by atoms with Crippen LogP contribution in [0.5, 0.6) is 11.5 Å². The minimum Gasteiger partial charge on any atom is -0.493 e. The summed E-state index contributed by atoms with van der Waals surface area (Å²) in [4.78, 5) is 15.4. The Bertz CT molecular complexity index is 998. The molecule has 2 aliphatic heterocycles. The van der Waals surface area contributed by atoms with Crippen molar-refractivity contribution >= 4 is 51.1 Å². The summed E-state index contributed by atoms with van der Waals surface area (Å²) in [5, 5.41) is 1.90. The van der Waals surface area contributed by atoms with E-state index in [1.54, 1.807) is 4.90 Å². The van der Waals surface area contributed by atoms with Crippen molar-refractivity contribution in [3.8, 4) is 11.5 Å². The monoisotopic (exact) mass is 443 g/mol. The third kappa shape index (κ3) is 4.19. The van der Waals surface area contributed by atoms with Gasteiger partial charge < -0.3 is 14.2 Å². The van der Waals surface area contributed by atoms with Gasteiger partial charge in [-0.15, -0.1) is 0 Å². The molecule has 2 aromatic rings. The summed E-state index contributed by atoms with van der Waals surface area (Å²) in [6.07, 6.45) is 3.99. The van der Waals surface area contributed by atoms with Crippen LogP contribution in [0.2, 0.25) is 0 Å². The van der Waals surface area contributed by atoms with E-state index in [-0.39, 0.29) is 12.0 Å². The van der Waals surface area contributed by atoms with E-state index in [0.717, 1.165) is 47.3 Å². The maximum absolute atomic E-state index is 13.1. The highest BCUT2D eigenvalue weighted by Gasteiger charge is 2.34. The molecule has 0 aliphatic carbocycles. The zero-order valence-electron chi connectivity index (χ0n) is 17.2. The standard InChI is InChI=1S/C23H25NO4S2/c1-3-26-18-11-10-15(21-17(18)8-5-9-19(21)27-4-2)13-20-22(25)24(23(29)30-20)14-16-7-6-12-28-16/h5,8-11,13,16H,3-4,6-7,12,14H2,1-2H3/b20-13-/t16-/m0/s1. The number of hydrogen-bond donors (Lipinski definition) is 0. The molecule has 1 amide bonds. The average Bonchev–Trinajstić information content (AvgIpc) is 3.34. The van der Waals surface area contributed by atoms with E-state index >= 15 is 0 Å². The van der Waals surface area contributed by atoms with Crippen molar-refractivity contribution in [2.75, 3.05) is 26.4 Å². The number of thioether (sulfide) groups is 1. The average molecular weight is 444 g/mol. The molecule has 0 saturated carbocycles. The Labute approximate surface area is 186 Å². The maximum Gasteiger partial charge on any atom is 0.266 e. The molecule has 2 aliphatic rings. The Hall–Kier alpha value is -2.09. The van der Waals surface area contributed by atoms with Crippen LogP contribution in [0.15, 0.2) is 35.2 Å². The number of amides is 1. The van der Waals surface area contributed by atoms with E-state index in [9.17, 15) is 4.79 Å². The van der Waals surface area contributed by atoms with E-state index < -0.39 is 0 Å². The van der Waals surface area contributed by atoms with Crippen LogP contribution in [-0.4, -0.2) is 47.6 Å². The smallest absolute Gasteiger partial charge is 0.266 e. The molecule has 0 N–H and O–H groups in total. The van der Waals surface area contributed by atoms with Crippen LogP contribution in [0.25, 0.3) is 16.8 Å². The molecule has 2 heterocycles. The number of rotatable bonds is 7. The van der Waals surface area contributed by atoms with Gasteiger partial charge in [-0.05, 0) is 50.5 Å². The number of hydrogen-bond acceptors (Lipinski definition) is 6. The molecule has 0 radical (unpaired) electrons. The van der Waals surface area contributed by atoms with Gasteiger partial charge in [-0.3, -0.25) is 9.69 Å². The first-order valence-electron chi connectivity index (χ1n) is 10.3. The van der Waals surface area contributed by atoms with Crippen molar-refractivity contribution in [1.82, 2.24) is 4.90 Å². The molecule has 0 aromatic heterocycles. The molecule has 0 unspecified atom stereocenters. The first-order valence-corrected chi connectivity index (χ1v) is 11.5. The number of ether oxygens (including phenoxy) is 3. The van der Waals surface area contributed by atoms with Gasteiger partial charge in [-0.25, -0.2) is 0 Å². The molecule has 0 spiro atoms. The molecule has 158 valence electrons. The minimum absolute atomic E-state index is 0.0589. The van der Waals surface area contributed by atoms with E-state index in [0.29, 0.717) is 29.0 Å². The molecule has 2 aromatic carbocycles. The number of benzene rings is 2. The van der Waals surface area contributed by atoms with E-state index in [2.05, 4.69) is 0 Å². The van der Waals surface area contributed by atoms with Crippen molar-refractivity contribution in [1.29, 1.82) is 0 Å². The predicted octanol–water partition coefficient (Wildman–Crippen LogP) is 5.02. The van der Waals surface area contributed by atoms with Gasteiger partial charge >= 0.3 is 0 Å². The molecule has 30 heavy (non-hydrogen) atoms. The fourth-order valence-electron chi connectivity index (χ4n) is 3.84. The topological polar surface area (TPSA) is 48.0 Å². The minimum atomic E-state index is -0.0589. The molecule has 7 heteroatoms. The van der Waals surface area contributed by atoms with Crippen LogP contribution < -0.4 is 9.47 Å². The highest BCUT2D eigenvalue weighted by Crippen LogP contribution is 2.39. The zero-order valence-corrected chi connectivity index (χ0v) is 18.8. The SMILES string of the molecule is CCOc1ccc(/C=C2\SC(=S)N(C[C@@H]3CCCO3)C2=O)c2c(OCC)cccc12. The summed E-state index contributed by atoms with van der Waals surface area (Å²) in [7, 11) is 0. The van der Waals surface area contributed by atoms with Crippen molar-refractivity contribution in [3.63, 3.8) is 0 Å². The summed E-state index contributed by atoms with van der Waals surface area (Å²) in [6, 6.07) is 9.84. The zero-order chi connectivity index (χ0) is 21.1. The van der Waals surface area contributed by atoms with Crippen LogP contribution in [0.1, 0.15) is 32.3 Å². The Balaban J connectivity index is 1.72. The first-order chi connectivity index (χ1) is 14.6. The third-order valence-corrected chi connectivity index (χ3v) is 6.54. The Morgan fingerprint density at radius 2 is 2.00 bits per heavy atom. The molecule has 5 nitrogen and oxygen atoms in total. The molecule has 2 fully saturated rings. The largest absolute Gasteiger partial charge is 0.493 e. The van der Waals surface area contributed by atoms with Crippen molar-refractivity contribution in [3.05, 3.63) is 40.8 Å². The Kier molecular flexibility index (Phi) is 6.61. The molecular weight excluding hydrogens is 418 g/mol. The highest BCUT2D eigenvalue weighted by molar-refractivity contribution is 8.26. The molecular formula is C23H25NO4S2. The van der Waals surface area contributed by atoms with Gasteiger partial charge in [0, 0.05) is 17.4 Å². The van der Waals surface area contributed by atoms with E-state index in [1.807, 2.05) is 50.3 Å². The number of carbonyl (C=O) groups is 1. The second-order valence-corrected chi connectivity index (χ2v) is 8.80. The number of carbonyl (C=O) groups excluding carboxylic acids is 1. The summed E-state index contributed by atoms with van der Waals surface area (Å²) in [6.45, 7) is 6.34. The number of fused-ring (bicyclic) bond motifs is 1. The van der Waals surface area contributed by atoms with Gasteiger partial charge in [0.15, 0.2) is 0 Å². The lowest BCUT2D eigenvalue weighted by atomic mass is 10.0. The highest BCUT2D eigenvalue weighted by atomic mass is 32.2. The number of thiocarbonyl (C=S) groups is 1. The summed E-state index contributed by atoms with van der Waals surface area (Å²) >= 11 is 6.83. The predicted molar refractivity (Wildman–Crippen MR) is 125 cm³/mol. The first kappa shape index (κ1) is 21.2. The molecule has 1 atom stereocenters. The van der Waals surface area contributed by atoms with Crippen LogP contribution in [0, 0.1) is 0 Å². The van der Waals surface area contributed by atoms with E-state index in [1.165, 1.54) is 11.8 Å². The summed E-state index contributed by atoms with van der Waals surface area (Å²) < 4.78 is 18.0. The van der Waals surface area contributed by atoms with Gasteiger partial charge in [0.25, 0.3) is 5.91 Å². The fraction of sp³-hybridized carbons (Fsp3) is 0.391. The summed E-state index contributed by atoms with van der Waals surface area (Å²) in [5.41, 5.74) is 0.912. The second-order valence-electron chi connectivity index (χ2n) is 7.13. The normalized spacial score (nSPS) is 20.5. The third-order valence-electron chi connectivity index (χ3n) is 5.16. The van der Waals surface area contributed by atoms with Gasteiger partial charge in [0.05, 0.1) is 30.8 Å². The number of nitrogens with zero attached hydrogens (tertiary/aromatic N) is 1. The van der Waals surface area contributed by atoms with Gasteiger partial charge in [-0.2, -0.15) is 0 Å². The Morgan fingerprint density at radius 3 is 2.73 bits per heavy atom. The maximum atomic E-state index is 13.1. The second kappa shape index (κ2) is 9.37. The molecule has 4 rings (SSSR count). The lowest BCUT2D eigenvalue weighted by molar-refractivity contribution is -0.123. The Morgan fingerprint density at radius 1 is 1.20 bits per heavy atom. The fourth-order valence-corrected chi connectivity index (χ4v) is 5.11. The van der Waals surface area contributed by atoms with Crippen LogP contribution in [0.3, 0.4) is 0 Å². The molecule has 0 bridgehead atoms. The van der Waals surface area contributed by atoms with Gasteiger partial charge in [0.1, 0.15) is 15.8 Å². The van der Waals surface area contributed by atoms with Gasteiger partial charge in [-0.1, -0.05) is 42.2 Å². The summed E-state index contributed by atoms with van der Waals surface area (Å²) in [5.74, 6) is 1.52. The van der Waals surface area contributed by atoms with Crippen molar-refractivity contribution < 1.29 is 19.0 Å². The quantitative estimate of drug-likeness (QED) is 0.442. The van der Waals surface area contributed by atoms with Crippen molar-refractivity contribution in [2.24, 2.45) is 0 Å². The van der Waals surface area contributed by atoms with E-state index in [4.69, 9.17) is 26.4 Å². The van der Waals surface area contributed by atoms with Gasteiger partial charge in [0.2, 0.25) is 0 Å².